The molecular weight excluding hydrogens is 298 g/mol. The van der Waals surface area contributed by atoms with Gasteiger partial charge < -0.3 is 5.11 Å². The van der Waals surface area contributed by atoms with Gasteiger partial charge in [-0.2, -0.15) is 10.2 Å². The summed E-state index contributed by atoms with van der Waals surface area (Å²) in [6, 6.07) is -0.561. The number of hydrogen-bond donors (Lipinski definition) is 3. The standard InChI is InChI=1S/C11H15N5O4S/c1-6-9(5-16(3)14-6)7(2)15-21(19,20)10-8(11(17)18)4-12-13-10/h4-5,7,15H,1-3H3,(H,12,13)(H,17,18). The first-order valence-corrected chi connectivity index (χ1v) is 7.50. The Morgan fingerprint density at radius 1 is 1.52 bits per heavy atom. The molecule has 0 radical (unpaired) electrons. The van der Waals surface area contributed by atoms with Gasteiger partial charge in [0.25, 0.3) is 10.0 Å². The summed E-state index contributed by atoms with van der Waals surface area (Å²) in [6.07, 6.45) is 2.66. The zero-order valence-electron chi connectivity index (χ0n) is 11.7. The molecule has 1 atom stereocenters. The van der Waals surface area contributed by atoms with Crippen molar-refractivity contribution < 1.29 is 18.3 Å². The summed E-state index contributed by atoms with van der Waals surface area (Å²) in [5, 5.41) is 18.3. The van der Waals surface area contributed by atoms with E-state index >= 15 is 0 Å². The van der Waals surface area contributed by atoms with Crippen molar-refractivity contribution in [1.29, 1.82) is 0 Å². The Morgan fingerprint density at radius 3 is 2.71 bits per heavy atom. The van der Waals surface area contributed by atoms with Gasteiger partial charge in [-0.15, -0.1) is 0 Å². The first-order valence-electron chi connectivity index (χ1n) is 6.01. The van der Waals surface area contributed by atoms with Crippen LogP contribution in [0.25, 0.3) is 0 Å². The van der Waals surface area contributed by atoms with Crippen LogP contribution in [-0.4, -0.2) is 39.5 Å². The number of carboxylic acid groups (broad SMARTS) is 1. The van der Waals surface area contributed by atoms with Gasteiger partial charge in [0, 0.05) is 24.8 Å². The van der Waals surface area contributed by atoms with E-state index in [4.69, 9.17) is 5.11 Å². The molecule has 2 aromatic heterocycles. The van der Waals surface area contributed by atoms with E-state index in [9.17, 15) is 13.2 Å². The van der Waals surface area contributed by atoms with Gasteiger partial charge in [-0.25, -0.2) is 17.9 Å². The maximum atomic E-state index is 12.2. The molecule has 0 aliphatic carbocycles. The number of aryl methyl sites for hydroxylation is 2. The Balaban J connectivity index is 2.31. The van der Waals surface area contributed by atoms with Crippen molar-refractivity contribution in [3.05, 3.63) is 29.2 Å². The fraction of sp³-hybridized carbons (Fsp3) is 0.364. The summed E-state index contributed by atoms with van der Waals surface area (Å²) in [7, 11) is -2.30. The molecule has 0 fully saturated rings. The van der Waals surface area contributed by atoms with E-state index in [0.717, 1.165) is 6.20 Å². The SMILES string of the molecule is Cc1nn(C)cc1C(C)NS(=O)(=O)c1[nH]ncc1C(=O)O. The van der Waals surface area contributed by atoms with Gasteiger partial charge in [0.2, 0.25) is 0 Å². The fourth-order valence-electron chi connectivity index (χ4n) is 2.03. The van der Waals surface area contributed by atoms with Gasteiger partial charge in [-0.1, -0.05) is 0 Å². The number of H-pyrrole nitrogens is 1. The van der Waals surface area contributed by atoms with E-state index in [1.54, 1.807) is 31.8 Å². The van der Waals surface area contributed by atoms with E-state index in [1.807, 2.05) is 0 Å². The van der Waals surface area contributed by atoms with E-state index < -0.39 is 32.6 Å². The molecular formula is C11H15N5O4S. The van der Waals surface area contributed by atoms with E-state index in [1.165, 1.54) is 0 Å². The van der Waals surface area contributed by atoms with Crippen molar-refractivity contribution in [2.75, 3.05) is 0 Å². The molecule has 2 aromatic rings. The fourth-order valence-corrected chi connectivity index (χ4v) is 3.34. The zero-order chi connectivity index (χ0) is 15.8. The third-order valence-corrected chi connectivity index (χ3v) is 4.47. The van der Waals surface area contributed by atoms with Crippen molar-refractivity contribution in [2.45, 2.75) is 24.9 Å². The van der Waals surface area contributed by atoms with Crippen LogP contribution in [0.5, 0.6) is 0 Å². The van der Waals surface area contributed by atoms with Crippen molar-refractivity contribution in [1.82, 2.24) is 24.7 Å². The molecule has 1 unspecified atom stereocenters. The number of aromatic nitrogens is 4. The van der Waals surface area contributed by atoms with Gasteiger partial charge in [0.15, 0.2) is 5.03 Å². The lowest BCUT2D eigenvalue weighted by molar-refractivity contribution is 0.0692. The highest BCUT2D eigenvalue weighted by Crippen LogP contribution is 2.19. The molecule has 21 heavy (non-hydrogen) atoms. The molecule has 0 aliphatic heterocycles. The summed E-state index contributed by atoms with van der Waals surface area (Å²) in [5.41, 5.74) is 0.992. The zero-order valence-corrected chi connectivity index (χ0v) is 12.5. The smallest absolute Gasteiger partial charge is 0.340 e. The van der Waals surface area contributed by atoms with Gasteiger partial charge in [0.05, 0.1) is 11.9 Å². The number of aromatic carboxylic acids is 1. The van der Waals surface area contributed by atoms with Crippen LogP contribution >= 0.6 is 0 Å². The molecule has 114 valence electrons. The third-order valence-electron chi connectivity index (χ3n) is 2.95. The molecule has 0 saturated heterocycles. The number of sulfonamides is 1. The number of rotatable bonds is 5. The largest absolute Gasteiger partial charge is 0.478 e. The lowest BCUT2D eigenvalue weighted by Crippen LogP contribution is -2.28. The predicted molar refractivity (Wildman–Crippen MR) is 72.2 cm³/mol. The van der Waals surface area contributed by atoms with E-state index in [0.29, 0.717) is 11.3 Å². The predicted octanol–water partition coefficient (Wildman–Crippen LogP) is 0.189. The molecule has 0 amide bonds. The molecule has 2 heterocycles. The van der Waals surface area contributed by atoms with Crippen LogP contribution < -0.4 is 4.72 Å². The number of carboxylic acids is 1. The van der Waals surface area contributed by atoms with Crippen LogP contribution in [0.1, 0.15) is 34.6 Å². The van der Waals surface area contributed by atoms with Crippen molar-refractivity contribution in [2.24, 2.45) is 7.05 Å². The second-order valence-electron chi connectivity index (χ2n) is 4.60. The average molecular weight is 313 g/mol. The van der Waals surface area contributed by atoms with Gasteiger partial charge in [-0.05, 0) is 13.8 Å². The van der Waals surface area contributed by atoms with Crippen LogP contribution in [-0.2, 0) is 17.1 Å². The normalized spacial score (nSPS) is 13.3. The Hall–Kier alpha value is -2.20. The Morgan fingerprint density at radius 2 is 2.19 bits per heavy atom. The highest BCUT2D eigenvalue weighted by atomic mass is 32.2. The lowest BCUT2D eigenvalue weighted by Gasteiger charge is -2.13. The van der Waals surface area contributed by atoms with Crippen molar-refractivity contribution in [3.63, 3.8) is 0 Å². The van der Waals surface area contributed by atoms with Crippen molar-refractivity contribution in [3.8, 4) is 0 Å². The van der Waals surface area contributed by atoms with Gasteiger partial charge in [-0.3, -0.25) is 9.78 Å². The molecule has 9 nitrogen and oxygen atoms in total. The maximum Gasteiger partial charge on any atom is 0.340 e. The van der Waals surface area contributed by atoms with Crippen LogP contribution in [0.2, 0.25) is 0 Å². The molecule has 0 aromatic carbocycles. The minimum atomic E-state index is -4.03. The minimum Gasteiger partial charge on any atom is -0.478 e. The topological polar surface area (TPSA) is 130 Å². The van der Waals surface area contributed by atoms with Crippen molar-refractivity contribution >= 4 is 16.0 Å². The molecule has 0 aliphatic rings. The molecule has 0 bridgehead atoms. The molecule has 10 heteroatoms. The maximum absolute atomic E-state index is 12.2. The average Bonchev–Trinajstić information content (AvgIpc) is 2.95. The van der Waals surface area contributed by atoms with E-state index in [-0.39, 0.29) is 0 Å². The molecule has 0 spiro atoms. The Labute approximate surface area is 121 Å². The molecule has 2 rings (SSSR count). The van der Waals surface area contributed by atoms with Crippen LogP contribution in [0.4, 0.5) is 0 Å². The summed E-state index contributed by atoms with van der Waals surface area (Å²) in [5.74, 6) is -1.37. The number of hydrogen-bond acceptors (Lipinski definition) is 5. The minimum absolute atomic E-state index is 0.405. The summed E-state index contributed by atoms with van der Waals surface area (Å²) < 4.78 is 28.5. The number of aromatic amines is 1. The summed E-state index contributed by atoms with van der Waals surface area (Å²) >= 11 is 0. The first-order chi connectivity index (χ1) is 9.72. The number of carbonyl (C=O) groups is 1. The second kappa shape index (κ2) is 5.30. The third kappa shape index (κ3) is 2.95. The highest BCUT2D eigenvalue weighted by Gasteiger charge is 2.27. The number of nitrogens with zero attached hydrogens (tertiary/aromatic N) is 3. The van der Waals surface area contributed by atoms with E-state index in [2.05, 4.69) is 20.0 Å². The Kier molecular flexibility index (Phi) is 3.83. The van der Waals surface area contributed by atoms with Gasteiger partial charge >= 0.3 is 5.97 Å². The highest BCUT2D eigenvalue weighted by molar-refractivity contribution is 7.89. The second-order valence-corrected chi connectivity index (χ2v) is 6.26. The quantitative estimate of drug-likeness (QED) is 0.722. The lowest BCUT2D eigenvalue weighted by atomic mass is 10.1. The Bertz CT molecular complexity index is 776. The summed E-state index contributed by atoms with van der Waals surface area (Å²) in [6.45, 7) is 3.41. The molecule has 3 N–H and O–H groups in total. The van der Waals surface area contributed by atoms with Crippen LogP contribution in [0.3, 0.4) is 0 Å². The number of nitrogens with one attached hydrogen (secondary N) is 2. The first kappa shape index (κ1) is 15.2. The van der Waals surface area contributed by atoms with Gasteiger partial charge in [0.1, 0.15) is 5.56 Å². The van der Waals surface area contributed by atoms with Crippen LogP contribution in [0.15, 0.2) is 17.4 Å². The monoisotopic (exact) mass is 313 g/mol. The van der Waals surface area contributed by atoms with Crippen LogP contribution in [0, 0.1) is 6.92 Å². The summed E-state index contributed by atoms with van der Waals surface area (Å²) in [4.78, 5) is 11.0. The molecule has 0 saturated carbocycles.